The Kier molecular flexibility index (Phi) is 10.3. The molecule has 1 atom stereocenters. The van der Waals surface area contributed by atoms with E-state index in [1.807, 2.05) is 82.3 Å². The highest BCUT2D eigenvalue weighted by molar-refractivity contribution is 7.92. The average Bonchev–Trinajstić information content (AvgIpc) is 2.89. The second-order valence-electron chi connectivity index (χ2n) is 10.5. The molecule has 3 aromatic rings. The number of nitrogens with one attached hydrogen (secondary N) is 1. The second-order valence-corrected chi connectivity index (χ2v) is 12.4. The van der Waals surface area contributed by atoms with E-state index in [-0.39, 0.29) is 18.4 Å². The molecule has 0 saturated carbocycles. The highest BCUT2D eigenvalue weighted by Crippen LogP contribution is 2.21. The number of carbonyl (C=O) groups is 2. The zero-order valence-corrected chi connectivity index (χ0v) is 24.2. The topological polar surface area (TPSA) is 86.8 Å². The van der Waals surface area contributed by atoms with Crippen LogP contribution in [0.1, 0.15) is 36.1 Å². The quantitative estimate of drug-likeness (QED) is 0.361. The third-order valence-electron chi connectivity index (χ3n) is 6.43. The summed E-state index contributed by atoms with van der Waals surface area (Å²) in [5, 5.41) is 2.99. The molecule has 0 aliphatic heterocycles. The van der Waals surface area contributed by atoms with Crippen LogP contribution in [0.3, 0.4) is 0 Å². The van der Waals surface area contributed by atoms with E-state index in [0.29, 0.717) is 18.7 Å². The lowest BCUT2D eigenvalue weighted by Gasteiger charge is -2.33. The van der Waals surface area contributed by atoms with Gasteiger partial charge in [0.1, 0.15) is 12.6 Å². The van der Waals surface area contributed by atoms with Gasteiger partial charge in [-0.3, -0.25) is 13.9 Å². The molecule has 208 valence electrons. The van der Waals surface area contributed by atoms with Crippen molar-refractivity contribution < 1.29 is 18.0 Å². The molecule has 0 aliphatic rings. The third-order valence-corrected chi connectivity index (χ3v) is 7.57. The minimum Gasteiger partial charge on any atom is -0.354 e. The number of amides is 2. The van der Waals surface area contributed by atoms with Crippen molar-refractivity contribution in [3.05, 3.63) is 101 Å². The zero-order valence-electron chi connectivity index (χ0n) is 23.4. The molecule has 0 saturated heterocycles. The minimum atomic E-state index is -3.78. The van der Waals surface area contributed by atoms with Crippen LogP contribution in [0.2, 0.25) is 0 Å². The number of hydrogen-bond acceptors (Lipinski definition) is 4. The standard InChI is InChI=1S/C31H39N3O4S/c1-23(2)20-32-31(36)29(19-26-9-7-6-8-10-26)33(21-27-15-11-24(3)12-16-27)30(35)22-34(39(5,37)38)28-17-13-25(4)14-18-28/h6-18,23,29H,19-22H2,1-5H3,(H,32,36). The summed E-state index contributed by atoms with van der Waals surface area (Å²) in [7, 11) is -3.78. The maximum Gasteiger partial charge on any atom is 0.244 e. The Morgan fingerprint density at radius 1 is 0.821 bits per heavy atom. The maximum absolute atomic E-state index is 14.0. The van der Waals surface area contributed by atoms with Crippen LogP contribution in [0.15, 0.2) is 78.9 Å². The molecule has 0 aliphatic carbocycles. The van der Waals surface area contributed by atoms with E-state index in [9.17, 15) is 18.0 Å². The van der Waals surface area contributed by atoms with Crippen molar-refractivity contribution in [2.75, 3.05) is 23.7 Å². The zero-order chi connectivity index (χ0) is 28.6. The number of benzene rings is 3. The summed E-state index contributed by atoms with van der Waals surface area (Å²) in [5.41, 5.74) is 4.21. The predicted octanol–water partition coefficient (Wildman–Crippen LogP) is 4.48. The lowest BCUT2D eigenvalue weighted by molar-refractivity contribution is -0.140. The summed E-state index contributed by atoms with van der Waals surface area (Å²) < 4.78 is 26.7. The lowest BCUT2D eigenvalue weighted by atomic mass is 10.0. The van der Waals surface area contributed by atoms with Gasteiger partial charge in [-0.15, -0.1) is 0 Å². The van der Waals surface area contributed by atoms with E-state index >= 15 is 0 Å². The van der Waals surface area contributed by atoms with E-state index in [4.69, 9.17) is 0 Å². The molecule has 0 fully saturated rings. The molecule has 3 aromatic carbocycles. The number of nitrogens with zero attached hydrogens (tertiary/aromatic N) is 2. The first-order valence-corrected chi connectivity index (χ1v) is 15.0. The Balaban J connectivity index is 2.03. The van der Waals surface area contributed by atoms with Crippen molar-refractivity contribution in [1.29, 1.82) is 0 Å². The van der Waals surface area contributed by atoms with Crippen molar-refractivity contribution in [3.63, 3.8) is 0 Å². The van der Waals surface area contributed by atoms with Gasteiger partial charge in [-0.2, -0.15) is 0 Å². The first kappa shape index (κ1) is 29.9. The molecule has 0 aromatic heterocycles. The minimum absolute atomic E-state index is 0.164. The van der Waals surface area contributed by atoms with Gasteiger partial charge in [-0.25, -0.2) is 8.42 Å². The predicted molar refractivity (Wildman–Crippen MR) is 157 cm³/mol. The summed E-state index contributed by atoms with van der Waals surface area (Å²) in [4.78, 5) is 29.1. The van der Waals surface area contributed by atoms with E-state index in [1.54, 1.807) is 24.3 Å². The summed E-state index contributed by atoms with van der Waals surface area (Å²) >= 11 is 0. The van der Waals surface area contributed by atoms with Crippen molar-refractivity contribution >= 4 is 27.5 Å². The van der Waals surface area contributed by atoms with Crippen molar-refractivity contribution in [3.8, 4) is 0 Å². The van der Waals surface area contributed by atoms with Gasteiger partial charge in [0, 0.05) is 19.5 Å². The highest BCUT2D eigenvalue weighted by atomic mass is 32.2. The smallest absolute Gasteiger partial charge is 0.244 e. The molecule has 8 heteroatoms. The van der Waals surface area contributed by atoms with Crippen LogP contribution in [-0.2, 0) is 32.6 Å². The number of rotatable bonds is 12. The van der Waals surface area contributed by atoms with Gasteiger partial charge in [0.25, 0.3) is 0 Å². The van der Waals surface area contributed by atoms with Crippen molar-refractivity contribution in [1.82, 2.24) is 10.2 Å². The van der Waals surface area contributed by atoms with E-state index in [0.717, 1.165) is 32.8 Å². The van der Waals surface area contributed by atoms with Gasteiger partial charge < -0.3 is 10.2 Å². The molecule has 0 radical (unpaired) electrons. The lowest BCUT2D eigenvalue weighted by Crippen LogP contribution is -2.53. The Bertz CT molecular complexity index is 1340. The van der Waals surface area contributed by atoms with E-state index in [1.165, 1.54) is 4.90 Å². The van der Waals surface area contributed by atoms with Crippen LogP contribution in [0.5, 0.6) is 0 Å². The highest BCUT2D eigenvalue weighted by Gasteiger charge is 2.33. The number of carbonyl (C=O) groups excluding carboxylic acids is 2. The number of anilines is 1. The van der Waals surface area contributed by atoms with Crippen LogP contribution in [-0.4, -0.2) is 50.5 Å². The average molecular weight is 550 g/mol. The van der Waals surface area contributed by atoms with Crippen LogP contribution >= 0.6 is 0 Å². The molecular formula is C31H39N3O4S. The van der Waals surface area contributed by atoms with Gasteiger partial charge in [0.05, 0.1) is 11.9 Å². The van der Waals surface area contributed by atoms with E-state index in [2.05, 4.69) is 5.32 Å². The molecule has 7 nitrogen and oxygen atoms in total. The van der Waals surface area contributed by atoms with E-state index < -0.39 is 28.5 Å². The fourth-order valence-corrected chi connectivity index (χ4v) is 5.04. The Hall–Kier alpha value is -3.65. The largest absolute Gasteiger partial charge is 0.354 e. The molecule has 3 rings (SSSR count). The molecule has 1 N–H and O–H groups in total. The number of aryl methyl sites for hydroxylation is 2. The summed E-state index contributed by atoms with van der Waals surface area (Å²) in [6.07, 6.45) is 1.38. The SMILES string of the molecule is Cc1ccc(CN(C(=O)CN(c2ccc(C)cc2)S(C)(=O)=O)C(Cc2ccccc2)C(=O)NCC(C)C)cc1. The van der Waals surface area contributed by atoms with Crippen LogP contribution in [0.25, 0.3) is 0 Å². The molecule has 0 bridgehead atoms. The first-order chi connectivity index (χ1) is 18.4. The van der Waals surface area contributed by atoms with Crippen molar-refractivity contribution in [2.24, 2.45) is 5.92 Å². The van der Waals surface area contributed by atoms with Crippen LogP contribution in [0, 0.1) is 19.8 Å². The Morgan fingerprint density at radius 3 is 1.92 bits per heavy atom. The third kappa shape index (κ3) is 8.96. The summed E-state index contributed by atoms with van der Waals surface area (Å²) in [6, 6.07) is 23.5. The molecular weight excluding hydrogens is 510 g/mol. The Labute approximate surface area is 232 Å². The summed E-state index contributed by atoms with van der Waals surface area (Å²) in [6.45, 7) is 8.12. The molecule has 2 amide bonds. The summed E-state index contributed by atoms with van der Waals surface area (Å²) in [5.74, 6) is -0.494. The Morgan fingerprint density at radius 2 is 1.38 bits per heavy atom. The fraction of sp³-hybridized carbons (Fsp3) is 0.355. The maximum atomic E-state index is 14.0. The molecule has 39 heavy (non-hydrogen) atoms. The number of hydrogen-bond donors (Lipinski definition) is 1. The van der Waals surface area contributed by atoms with Crippen molar-refractivity contribution in [2.45, 2.75) is 46.7 Å². The van der Waals surface area contributed by atoms with Crippen LogP contribution in [0.4, 0.5) is 5.69 Å². The van der Waals surface area contributed by atoms with Gasteiger partial charge >= 0.3 is 0 Å². The molecule has 0 spiro atoms. The molecule has 0 heterocycles. The first-order valence-electron chi connectivity index (χ1n) is 13.1. The van der Waals surface area contributed by atoms with Gasteiger partial charge in [-0.05, 0) is 43.0 Å². The molecule has 1 unspecified atom stereocenters. The monoisotopic (exact) mass is 549 g/mol. The van der Waals surface area contributed by atoms with Crippen LogP contribution < -0.4 is 9.62 Å². The fourth-order valence-electron chi connectivity index (χ4n) is 4.19. The second kappa shape index (κ2) is 13.4. The van der Waals surface area contributed by atoms with Gasteiger partial charge in [-0.1, -0.05) is 91.7 Å². The van der Waals surface area contributed by atoms with Gasteiger partial charge in [0.15, 0.2) is 0 Å². The normalized spacial score (nSPS) is 12.2. The van der Waals surface area contributed by atoms with Gasteiger partial charge in [0.2, 0.25) is 21.8 Å². The number of sulfonamides is 1.